The van der Waals surface area contributed by atoms with Gasteiger partial charge in [-0.15, -0.1) is 0 Å². The molecule has 0 bridgehead atoms. The third-order valence-electron chi connectivity index (χ3n) is 3.04. The Balaban J connectivity index is 3.03. The van der Waals surface area contributed by atoms with E-state index in [9.17, 15) is 8.42 Å². The number of sulfonamides is 1. The zero-order chi connectivity index (χ0) is 15.3. The average Bonchev–Trinajstić information content (AvgIpc) is 2.43. The molecule has 0 saturated carbocycles. The first kappa shape index (κ1) is 16.9. The van der Waals surface area contributed by atoms with E-state index in [0.717, 1.165) is 0 Å². The summed E-state index contributed by atoms with van der Waals surface area (Å²) < 4.78 is 31.4. The van der Waals surface area contributed by atoms with Crippen LogP contribution in [0.5, 0.6) is 5.75 Å². The number of methoxy groups -OCH3 is 1. The van der Waals surface area contributed by atoms with Crippen LogP contribution >= 0.6 is 0 Å². The summed E-state index contributed by atoms with van der Waals surface area (Å²) in [6.45, 7) is 1.32. The van der Waals surface area contributed by atoms with Crippen molar-refractivity contribution in [2.75, 3.05) is 41.3 Å². The molecule has 1 aromatic carbocycles. The topological polar surface area (TPSA) is 75.9 Å². The summed E-state index contributed by atoms with van der Waals surface area (Å²) in [5, 5.41) is 0. The normalized spacial score (nSPS) is 12.2. The Labute approximate surface area is 121 Å². The van der Waals surface area contributed by atoms with E-state index in [0.29, 0.717) is 24.4 Å². The molecule has 6 nitrogen and oxygen atoms in total. The van der Waals surface area contributed by atoms with Gasteiger partial charge < -0.3 is 15.4 Å². The predicted molar refractivity (Wildman–Crippen MR) is 79.3 cm³/mol. The van der Waals surface area contributed by atoms with Gasteiger partial charge in [0, 0.05) is 32.2 Å². The molecule has 0 saturated heterocycles. The van der Waals surface area contributed by atoms with E-state index in [-0.39, 0.29) is 11.4 Å². The molecule has 2 N–H and O–H groups in total. The maximum absolute atomic E-state index is 12.4. The molecular formula is C13H23N3O3S. The van der Waals surface area contributed by atoms with Gasteiger partial charge in [-0.05, 0) is 32.3 Å². The second-order valence-corrected chi connectivity index (χ2v) is 6.85. The quantitative estimate of drug-likeness (QED) is 0.786. The van der Waals surface area contributed by atoms with E-state index < -0.39 is 10.0 Å². The Hall–Kier alpha value is -1.15. The maximum atomic E-state index is 12.4. The Kier molecular flexibility index (Phi) is 5.94. The highest BCUT2D eigenvalue weighted by Crippen LogP contribution is 2.23. The van der Waals surface area contributed by atoms with Gasteiger partial charge in [0.05, 0.1) is 12.0 Å². The number of hydrogen-bond donors (Lipinski definition) is 1. The lowest BCUT2D eigenvalue weighted by atomic mass is 10.2. The Morgan fingerprint density at radius 1 is 1.20 bits per heavy atom. The number of hydrogen-bond acceptors (Lipinski definition) is 5. The second-order valence-electron chi connectivity index (χ2n) is 4.81. The summed E-state index contributed by atoms with van der Waals surface area (Å²) in [4.78, 5) is 2.17. The Morgan fingerprint density at radius 2 is 1.85 bits per heavy atom. The molecule has 0 aliphatic carbocycles. The van der Waals surface area contributed by atoms with Gasteiger partial charge in [0.2, 0.25) is 10.0 Å². The number of ether oxygens (including phenoxy) is 1. The zero-order valence-corrected chi connectivity index (χ0v) is 13.3. The van der Waals surface area contributed by atoms with Gasteiger partial charge in [0.1, 0.15) is 5.75 Å². The zero-order valence-electron chi connectivity index (χ0n) is 12.5. The highest BCUT2D eigenvalue weighted by atomic mass is 32.2. The van der Waals surface area contributed by atoms with E-state index in [4.69, 9.17) is 10.5 Å². The molecule has 0 radical (unpaired) electrons. The van der Waals surface area contributed by atoms with Crippen molar-refractivity contribution < 1.29 is 13.2 Å². The van der Waals surface area contributed by atoms with Crippen LogP contribution in [-0.2, 0) is 16.6 Å². The molecule has 1 aromatic rings. The number of benzene rings is 1. The van der Waals surface area contributed by atoms with E-state index in [1.807, 2.05) is 19.0 Å². The lowest BCUT2D eigenvalue weighted by Gasteiger charge is -2.20. The predicted octanol–water partition coefficient (Wildman–Crippen LogP) is 0.336. The minimum Gasteiger partial charge on any atom is -0.496 e. The summed E-state index contributed by atoms with van der Waals surface area (Å²) in [5.74, 6) is 0.599. The standard InChI is InChI=1S/C13H23N3O3S/c1-15(2)7-8-16(3)20(17,18)12-5-6-13(19-4)11(9-12)10-14/h5-6,9H,7-8,10,14H2,1-4H3. The molecule has 0 aliphatic heterocycles. The van der Waals surface area contributed by atoms with Crippen molar-refractivity contribution in [1.29, 1.82) is 0 Å². The van der Waals surface area contributed by atoms with Crippen LogP contribution in [0.25, 0.3) is 0 Å². The molecule has 0 amide bonds. The fourth-order valence-corrected chi connectivity index (χ4v) is 2.93. The SMILES string of the molecule is COc1ccc(S(=O)(=O)N(C)CCN(C)C)cc1CN. The molecule has 0 spiro atoms. The van der Waals surface area contributed by atoms with Crippen molar-refractivity contribution in [2.45, 2.75) is 11.4 Å². The van der Waals surface area contributed by atoms with Crippen LogP contribution in [0, 0.1) is 0 Å². The smallest absolute Gasteiger partial charge is 0.242 e. The van der Waals surface area contributed by atoms with Crippen LogP contribution < -0.4 is 10.5 Å². The molecule has 1 rings (SSSR count). The van der Waals surface area contributed by atoms with Crippen molar-refractivity contribution in [3.63, 3.8) is 0 Å². The second kappa shape index (κ2) is 7.03. The lowest BCUT2D eigenvalue weighted by molar-refractivity contribution is 0.358. The molecule has 20 heavy (non-hydrogen) atoms. The van der Waals surface area contributed by atoms with Crippen LogP contribution in [0.3, 0.4) is 0 Å². The molecule has 0 unspecified atom stereocenters. The van der Waals surface area contributed by atoms with Crippen LogP contribution in [-0.4, -0.2) is 59.0 Å². The summed E-state index contributed by atoms with van der Waals surface area (Å²) in [5.41, 5.74) is 6.29. The van der Waals surface area contributed by atoms with E-state index in [1.165, 1.54) is 11.4 Å². The lowest BCUT2D eigenvalue weighted by Crippen LogP contribution is -2.33. The van der Waals surface area contributed by atoms with Gasteiger partial charge in [-0.25, -0.2) is 8.42 Å². The monoisotopic (exact) mass is 301 g/mol. The number of nitrogens with two attached hydrogens (primary N) is 1. The van der Waals surface area contributed by atoms with Gasteiger partial charge >= 0.3 is 0 Å². The summed E-state index contributed by atoms with van der Waals surface area (Å²) in [7, 11) is 3.42. The first-order valence-corrected chi connectivity index (χ1v) is 7.75. The van der Waals surface area contributed by atoms with Crippen molar-refractivity contribution in [3.8, 4) is 5.75 Å². The number of rotatable bonds is 7. The third-order valence-corrected chi connectivity index (χ3v) is 4.89. The Morgan fingerprint density at radius 3 is 2.35 bits per heavy atom. The molecular weight excluding hydrogens is 278 g/mol. The molecule has 0 aromatic heterocycles. The largest absolute Gasteiger partial charge is 0.496 e. The molecule has 0 aliphatic rings. The van der Waals surface area contributed by atoms with Crippen molar-refractivity contribution >= 4 is 10.0 Å². The fraction of sp³-hybridized carbons (Fsp3) is 0.538. The molecule has 0 heterocycles. The third kappa shape index (κ3) is 3.92. The fourth-order valence-electron chi connectivity index (χ4n) is 1.72. The summed E-state index contributed by atoms with van der Waals surface area (Å²) in [6, 6.07) is 4.74. The highest BCUT2D eigenvalue weighted by Gasteiger charge is 2.21. The van der Waals surface area contributed by atoms with Crippen LogP contribution in [0.15, 0.2) is 23.1 Å². The Bertz CT molecular complexity index is 544. The van der Waals surface area contributed by atoms with Gasteiger partial charge in [0.15, 0.2) is 0 Å². The highest BCUT2D eigenvalue weighted by molar-refractivity contribution is 7.89. The van der Waals surface area contributed by atoms with Crippen LogP contribution in [0.4, 0.5) is 0 Å². The molecule has 0 atom stereocenters. The minimum absolute atomic E-state index is 0.230. The van der Waals surface area contributed by atoms with Gasteiger partial charge in [-0.2, -0.15) is 4.31 Å². The van der Waals surface area contributed by atoms with Crippen molar-refractivity contribution in [1.82, 2.24) is 9.21 Å². The van der Waals surface area contributed by atoms with Gasteiger partial charge in [-0.3, -0.25) is 0 Å². The van der Waals surface area contributed by atoms with Crippen molar-refractivity contribution in [3.05, 3.63) is 23.8 Å². The summed E-state index contributed by atoms with van der Waals surface area (Å²) in [6.07, 6.45) is 0. The molecule has 0 fully saturated rings. The van der Waals surface area contributed by atoms with E-state index in [1.54, 1.807) is 25.2 Å². The van der Waals surface area contributed by atoms with Gasteiger partial charge in [-0.1, -0.05) is 0 Å². The van der Waals surface area contributed by atoms with Gasteiger partial charge in [0.25, 0.3) is 0 Å². The maximum Gasteiger partial charge on any atom is 0.242 e. The van der Waals surface area contributed by atoms with E-state index in [2.05, 4.69) is 0 Å². The number of nitrogens with zero attached hydrogens (tertiary/aromatic N) is 2. The van der Waals surface area contributed by atoms with Crippen molar-refractivity contribution in [2.24, 2.45) is 5.73 Å². The molecule has 7 heteroatoms. The van der Waals surface area contributed by atoms with Crippen LogP contribution in [0.2, 0.25) is 0 Å². The first-order valence-electron chi connectivity index (χ1n) is 6.31. The summed E-state index contributed by atoms with van der Waals surface area (Å²) >= 11 is 0. The minimum atomic E-state index is -3.50. The van der Waals surface area contributed by atoms with E-state index >= 15 is 0 Å². The van der Waals surface area contributed by atoms with Crippen LogP contribution in [0.1, 0.15) is 5.56 Å². The molecule has 114 valence electrons. The number of likely N-dealkylation sites (N-methyl/N-ethyl adjacent to an activating group) is 2. The first-order chi connectivity index (χ1) is 9.32. The average molecular weight is 301 g/mol.